The molecule has 8 heteroatoms. The molecule has 1 fully saturated rings. The third kappa shape index (κ3) is 5.04. The van der Waals surface area contributed by atoms with Crippen molar-refractivity contribution in [2.75, 3.05) is 25.2 Å². The minimum absolute atomic E-state index is 0.0313. The van der Waals surface area contributed by atoms with Crippen molar-refractivity contribution in [3.05, 3.63) is 53.6 Å². The van der Waals surface area contributed by atoms with Gasteiger partial charge < -0.3 is 24.8 Å². The lowest BCUT2D eigenvalue weighted by Crippen LogP contribution is -2.28. The van der Waals surface area contributed by atoms with Gasteiger partial charge in [0.15, 0.2) is 6.61 Å². The highest BCUT2D eigenvalue weighted by atomic mass is 16.5. The molecule has 0 spiro atoms. The Labute approximate surface area is 168 Å². The second-order valence-electron chi connectivity index (χ2n) is 6.55. The monoisotopic (exact) mass is 398 g/mol. The quantitative estimate of drug-likeness (QED) is 0.706. The maximum Gasteiger partial charge on any atom is 0.339 e. The molecule has 2 N–H and O–H groups in total. The Morgan fingerprint density at radius 3 is 2.72 bits per heavy atom. The first-order valence-electron chi connectivity index (χ1n) is 9.18. The van der Waals surface area contributed by atoms with Crippen LogP contribution in [-0.4, -0.2) is 43.2 Å². The number of carbonyl (C=O) groups is 3. The summed E-state index contributed by atoms with van der Waals surface area (Å²) in [5.41, 5.74) is 1.42. The lowest BCUT2D eigenvalue weighted by atomic mass is 10.1. The van der Waals surface area contributed by atoms with Crippen LogP contribution in [0.2, 0.25) is 0 Å². The molecular formula is C21H22N2O6. The first kappa shape index (κ1) is 20.2. The van der Waals surface area contributed by atoms with Gasteiger partial charge in [-0.05, 0) is 36.2 Å². The van der Waals surface area contributed by atoms with Gasteiger partial charge in [-0.1, -0.05) is 12.1 Å². The molecule has 152 valence electrons. The van der Waals surface area contributed by atoms with Crippen molar-refractivity contribution < 1.29 is 29.0 Å². The number of hydrogen-bond donors (Lipinski definition) is 2. The largest absolute Gasteiger partial charge is 0.496 e. The van der Waals surface area contributed by atoms with Gasteiger partial charge in [-0.2, -0.15) is 0 Å². The van der Waals surface area contributed by atoms with E-state index in [9.17, 15) is 19.5 Å². The number of hydrogen-bond acceptors (Lipinski definition) is 5. The molecule has 2 aromatic carbocycles. The number of amides is 2. The number of carboxylic acids is 1. The zero-order valence-electron chi connectivity index (χ0n) is 16.0. The predicted octanol–water partition coefficient (Wildman–Crippen LogP) is 2.22. The van der Waals surface area contributed by atoms with E-state index in [4.69, 9.17) is 9.47 Å². The minimum Gasteiger partial charge on any atom is -0.496 e. The number of nitrogens with zero attached hydrogens (tertiary/aromatic N) is 1. The number of anilines is 1. The van der Waals surface area contributed by atoms with E-state index < -0.39 is 5.97 Å². The van der Waals surface area contributed by atoms with Gasteiger partial charge in [-0.3, -0.25) is 9.59 Å². The number of aromatic carboxylic acids is 1. The van der Waals surface area contributed by atoms with Crippen LogP contribution in [0.15, 0.2) is 42.5 Å². The highest BCUT2D eigenvalue weighted by Gasteiger charge is 2.21. The Balaban J connectivity index is 1.54. The van der Waals surface area contributed by atoms with Crippen LogP contribution in [0, 0.1) is 0 Å². The van der Waals surface area contributed by atoms with E-state index in [1.807, 2.05) is 6.07 Å². The fourth-order valence-corrected chi connectivity index (χ4v) is 3.10. The molecule has 2 aromatic rings. The molecular weight excluding hydrogens is 376 g/mol. The van der Waals surface area contributed by atoms with Gasteiger partial charge in [0.2, 0.25) is 5.91 Å². The normalized spacial score (nSPS) is 13.3. The molecule has 1 saturated heterocycles. The summed E-state index contributed by atoms with van der Waals surface area (Å²) in [5, 5.41) is 11.9. The van der Waals surface area contributed by atoms with Crippen LogP contribution in [-0.2, 0) is 16.1 Å². The van der Waals surface area contributed by atoms with E-state index in [2.05, 4.69) is 5.32 Å². The summed E-state index contributed by atoms with van der Waals surface area (Å²) >= 11 is 0. The van der Waals surface area contributed by atoms with Crippen LogP contribution < -0.4 is 19.7 Å². The summed E-state index contributed by atoms with van der Waals surface area (Å²) in [6, 6.07) is 11.8. The predicted molar refractivity (Wildman–Crippen MR) is 105 cm³/mol. The SMILES string of the molecule is COc1ccc(CNC(=O)COc2cccc(N3CCCC3=O)c2)cc1C(=O)O. The molecule has 0 atom stereocenters. The molecule has 1 aliphatic rings. The average molecular weight is 398 g/mol. The molecule has 8 nitrogen and oxygen atoms in total. The Morgan fingerprint density at radius 1 is 1.21 bits per heavy atom. The van der Waals surface area contributed by atoms with Crippen molar-refractivity contribution in [3.8, 4) is 11.5 Å². The van der Waals surface area contributed by atoms with Gasteiger partial charge in [0, 0.05) is 31.3 Å². The second kappa shape index (κ2) is 9.09. The van der Waals surface area contributed by atoms with Crippen LogP contribution in [0.3, 0.4) is 0 Å². The lowest BCUT2D eigenvalue weighted by Gasteiger charge is -2.16. The van der Waals surface area contributed by atoms with Crippen molar-refractivity contribution in [3.63, 3.8) is 0 Å². The first-order chi connectivity index (χ1) is 14.0. The third-order valence-electron chi connectivity index (χ3n) is 4.56. The van der Waals surface area contributed by atoms with E-state index in [0.29, 0.717) is 24.3 Å². The first-order valence-corrected chi connectivity index (χ1v) is 9.18. The van der Waals surface area contributed by atoms with Gasteiger partial charge in [-0.25, -0.2) is 4.79 Å². The van der Waals surface area contributed by atoms with Crippen LogP contribution in [0.25, 0.3) is 0 Å². The lowest BCUT2D eigenvalue weighted by molar-refractivity contribution is -0.123. The molecule has 3 rings (SSSR count). The summed E-state index contributed by atoms with van der Waals surface area (Å²) in [7, 11) is 1.40. The summed E-state index contributed by atoms with van der Waals surface area (Å²) in [6.07, 6.45) is 1.38. The molecule has 0 aliphatic carbocycles. The number of benzene rings is 2. The van der Waals surface area contributed by atoms with E-state index in [1.54, 1.807) is 35.2 Å². The maximum absolute atomic E-state index is 12.1. The number of carboxylic acid groups (broad SMARTS) is 1. The minimum atomic E-state index is -1.10. The van der Waals surface area contributed by atoms with Gasteiger partial charge >= 0.3 is 5.97 Å². The van der Waals surface area contributed by atoms with E-state index >= 15 is 0 Å². The Kier molecular flexibility index (Phi) is 6.33. The number of carbonyl (C=O) groups excluding carboxylic acids is 2. The average Bonchev–Trinajstić information content (AvgIpc) is 3.16. The Morgan fingerprint density at radius 2 is 2.03 bits per heavy atom. The van der Waals surface area contributed by atoms with Gasteiger partial charge in [0.1, 0.15) is 17.1 Å². The summed E-state index contributed by atoms with van der Waals surface area (Å²) in [6.45, 7) is 0.650. The van der Waals surface area contributed by atoms with E-state index in [-0.39, 0.29) is 36.3 Å². The Hall–Kier alpha value is -3.55. The Bertz CT molecular complexity index is 927. The molecule has 2 amide bonds. The topological polar surface area (TPSA) is 105 Å². The van der Waals surface area contributed by atoms with Crippen molar-refractivity contribution in [2.24, 2.45) is 0 Å². The van der Waals surface area contributed by atoms with Gasteiger partial charge in [0.05, 0.1) is 7.11 Å². The summed E-state index contributed by atoms with van der Waals surface area (Å²) in [5.74, 6) is -0.613. The maximum atomic E-state index is 12.1. The zero-order valence-corrected chi connectivity index (χ0v) is 16.0. The number of methoxy groups -OCH3 is 1. The molecule has 0 saturated carbocycles. The fourth-order valence-electron chi connectivity index (χ4n) is 3.10. The van der Waals surface area contributed by atoms with E-state index in [0.717, 1.165) is 12.1 Å². The third-order valence-corrected chi connectivity index (χ3v) is 4.56. The highest BCUT2D eigenvalue weighted by Crippen LogP contribution is 2.25. The molecule has 0 aromatic heterocycles. The number of nitrogens with one attached hydrogen (secondary N) is 1. The molecule has 1 aliphatic heterocycles. The molecule has 0 bridgehead atoms. The van der Waals surface area contributed by atoms with E-state index in [1.165, 1.54) is 13.2 Å². The van der Waals surface area contributed by atoms with Crippen molar-refractivity contribution in [2.45, 2.75) is 19.4 Å². The molecule has 29 heavy (non-hydrogen) atoms. The van der Waals surface area contributed by atoms with Crippen molar-refractivity contribution >= 4 is 23.5 Å². The summed E-state index contributed by atoms with van der Waals surface area (Å²) in [4.78, 5) is 36.9. The van der Waals surface area contributed by atoms with Crippen molar-refractivity contribution in [1.82, 2.24) is 5.32 Å². The van der Waals surface area contributed by atoms with Crippen molar-refractivity contribution in [1.29, 1.82) is 0 Å². The van der Waals surface area contributed by atoms with Gasteiger partial charge in [0.25, 0.3) is 5.91 Å². The second-order valence-corrected chi connectivity index (χ2v) is 6.55. The zero-order chi connectivity index (χ0) is 20.8. The van der Waals surface area contributed by atoms with Crippen LogP contribution in [0.4, 0.5) is 5.69 Å². The molecule has 1 heterocycles. The summed E-state index contributed by atoms with van der Waals surface area (Å²) < 4.78 is 10.5. The number of rotatable bonds is 8. The molecule has 0 radical (unpaired) electrons. The highest BCUT2D eigenvalue weighted by molar-refractivity contribution is 5.95. The molecule has 0 unspecified atom stereocenters. The van der Waals surface area contributed by atoms with Crippen LogP contribution in [0.1, 0.15) is 28.8 Å². The van der Waals surface area contributed by atoms with Crippen LogP contribution in [0.5, 0.6) is 11.5 Å². The van der Waals surface area contributed by atoms with Crippen LogP contribution >= 0.6 is 0 Å². The smallest absolute Gasteiger partial charge is 0.339 e. The van der Waals surface area contributed by atoms with Gasteiger partial charge in [-0.15, -0.1) is 0 Å². The fraction of sp³-hybridized carbons (Fsp3) is 0.286. The number of ether oxygens (including phenoxy) is 2. The standard InChI is InChI=1S/C21H22N2O6/c1-28-18-8-7-14(10-17(18)21(26)27)12-22-19(24)13-29-16-5-2-4-15(11-16)23-9-3-6-20(23)25/h2,4-5,7-8,10-11H,3,6,9,12-13H2,1H3,(H,22,24)(H,26,27).